The lowest BCUT2D eigenvalue weighted by Gasteiger charge is -2.16. The lowest BCUT2D eigenvalue weighted by atomic mass is 10.1. The van der Waals surface area contributed by atoms with Gasteiger partial charge in [-0.3, -0.25) is 14.3 Å². The standard InChI is InChI=1S/C23H24ClFN4O5/c1-13(12-30)33-15-7-14(22(31)26-21-5-6-29(4)27-21)8-16(9-15)34-20-11-18(24)17(10-19(20)25)23(32)28(2)3/h5-11,13,30H,12H2,1-4H3,(H,26,27,31)/t13-/m0/s1. The third kappa shape index (κ3) is 6.03. The summed E-state index contributed by atoms with van der Waals surface area (Å²) in [4.78, 5) is 26.2. The second-order valence-corrected chi connectivity index (χ2v) is 8.10. The van der Waals surface area contributed by atoms with Crippen LogP contribution in [0.15, 0.2) is 42.6 Å². The van der Waals surface area contributed by atoms with Gasteiger partial charge in [-0.05, 0) is 25.1 Å². The van der Waals surface area contributed by atoms with Crippen molar-refractivity contribution in [1.82, 2.24) is 14.7 Å². The Kier molecular flexibility index (Phi) is 7.75. The Balaban J connectivity index is 1.94. The molecule has 2 N–H and O–H groups in total. The van der Waals surface area contributed by atoms with E-state index in [1.165, 1.54) is 47.9 Å². The molecule has 0 saturated carbocycles. The maximum Gasteiger partial charge on any atom is 0.257 e. The summed E-state index contributed by atoms with van der Waals surface area (Å²) in [6.45, 7) is 1.38. The van der Waals surface area contributed by atoms with Crippen LogP contribution in [0.1, 0.15) is 27.6 Å². The molecule has 0 unspecified atom stereocenters. The van der Waals surface area contributed by atoms with Gasteiger partial charge in [0.25, 0.3) is 11.8 Å². The van der Waals surface area contributed by atoms with E-state index >= 15 is 0 Å². The second-order valence-electron chi connectivity index (χ2n) is 7.70. The highest BCUT2D eigenvalue weighted by Gasteiger charge is 2.19. The van der Waals surface area contributed by atoms with Crippen LogP contribution in [0.2, 0.25) is 5.02 Å². The van der Waals surface area contributed by atoms with Crippen LogP contribution in [-0.4, -0.2) is 58.4 Å². The van der Waals surface area contributed by atoms with Crippen molar-refractivity contribution in [3.8, 4) is 17.2 Å². The van der Waals surface area contributed by atoms with Crippen LogP contribution >= 0.6 is 11.6 Å². The summed E-state index contributed by atoms with van der Waals surface area (Å²) in [5, 5.41) is 16.1. The maximum absolute atomic E-state index is 14.7. The Bertz CT molecular complexity index is 1210. The third-order valence-corrected chi connectivity index (χ3v) is 4.89. The average molecular weight is 491 g/mol. The molecule has 3 rings (SSSR count). The first-order valence-corrected chi connectivity index (χ1v) is 10.6. The molecule has 0 aliphatic heterocycles. The number of halogens is 2. The summed E-state index contributed by atoms with van der Waals surface area (Å²) in [5.74, 6) is -1.39. The molecule has 0 radical (unpaired) electrons. The zero-order chi connectivity index (χ0) is 25.0. The zero-order valence-corrected chi connectivity index (χ0v) is 19.8. The van der Waals surface area contributed by atoms with Crippen molar-refractivity contribution >= 4 is 29.2 Å². The molecule has 2 amide bonds. The molecule has 9 nitrogen and oxygen atoms in total. The number of hydrogen-bond donors (Lipinski definition) is 2. The predicted molar refractivity (Wildman–Crippen MR) is 124 cm³/mol. The molecule has 11 heteroatoms. The van der Waals surface area contributed by atoms with E-state index in [2.05, 4.69) is 10.4 Å². The van der Waals surface area contributed by atoms with Crippen molar-refractivity contribution in [1.29, 1.82) is 0 Å². The summed E-state index contributed by atoms with van der Waals surface area (Å²) < 4.78 is 27.6. The number of aromatic nitrogens is 2. The van der Waals surface area contributed by atoms with Gasteiger partial charge in [-0.25, -0.2) is 4.39 Å². The molecule has 34 heavy (non-hydrogen) atoms. The summed E-state index contributed by atoms with van der Waals surface area (Å²) in [6.07, 6.45) is 1.11. The molecule has 1 aromatic heterocycles. The number of carbonyl (C=O) groups excluding carboxylic acids is 2. The molecular weight excluding hydrogens is 467 g/mol. The van der Waals surface area contributed by atoms with E-state index in [1.54, 1.807) is 26.2 Å². The van der Waals surface area contributed by atoms with Gasteiger partial charge in [-0.1, -0.05) is 11.6 Å². The number of anilines is 1. The van der Waals surface area contributed by atoms with E-state index in [1.807, 2.05) is 0 Å². The van der Waals surface area contributed by atoms with Gasteiger partial charge >= 0.3 is 0 Å². The maximum atomic E-state index is 14.7. The van der Waals surface area contributed by atoms with Crippen LogP contribution in [0.3, 0.4) is 0 Å². The Morgan fingerprint density at radius 3 is 2.56 bits per heavy atom. The van der Waals surface area contributed by atoms with Crippen molar-refractivity contribution in [3.63, 3.8) is 0 Å². The largest absolute Gasteiger partial charge is 0.488 e. The van der Waals surface area contributed by atoms with E-state index in [0.717, 1.165) is 6.07 Å². The SMILES string of the molecule is C[C@@H](CO)Oc1cc(Oc2cc(Cl)c(C(=O)N(C)C)cc2F)cc(C(=O)Nc2ccn(C)n2)c1. The van der Waals surface area contributed by atoms with Crippen molar-refractivity contribution in [2.24, 2.45) is 7.05 Å². The molecule has 1 atom stereocenters. The van der Waals surface area contributed by atoms with Crippen LogP contribution in [0, 0.1) is 5.82 Å². The van der Waals surface area contributed by atoms with Crippen molar-refractivity contribution in [2.75, 3.05) is 26.0 Å². The van der Waals surface area contributed by atoms with Gasteiger partial charge < -0.3 is 24.8 Å². The summed E-state index contributed by atoms with van der Waals surface area (Å²) in [6, 6.07) is 8.09. The number of hydrogen-bond acceptors (Lipinski definition) is 6. The number of benzene rings is 2. The van der Waals surface area contributed by atoms with Crippen LogP contribution < -0.4 is 14.8 Å². The number of carbonyl (C=O) groups is 2. The fourth-order valence-corrected chi connectivity index (χ4v) is 3.14. The predicted octanol–water partition coefficient (Wildman–Crippen LogP) is 3.72. The van der Waals surface area contributed by atoms with Crippen LogP contribution in [0.25, 0.3) is 0 Å². The molecule has 0 aliphatic carbocycles. The van der Waals surface area contributed by atoms with Gasteiger partial charge in [0.15, 0.2) is 17.4 Å². The smallest absolute Gasteiger partial charge is 0.257 e. The number of aryl methyl sites for hydroxylation is 1. The second kappa shape index (κ2) is 10.5. The molecule has 0 aliphatic rings. The minimum absolute atomic E-state index is 0.00419. The van der Waals surface area contributed by atoms with E-state index in [-0.39, 0.29) is 40.0 Å². The third-order valence-electron chi connectivity index (χ3n) is 4.58. The summed E-state index contributed by atoms with van der Waals surface area (Å²) in [7, 11) is 4.76. The van der Waals surface area contributed by atoms with Gasteiger partial charge in [0, 0.05) is 51.1 Å². The van der Waals surface area contributed by atoms with E-state index in [9.17, 15) is 19.1 Å². The number of nitrogens with one attached hydrogen (secondary N) is 1. The lowest BCUT2D eigenvalue weighted by Crippen LogP contribution is -2.22. The molecule has 0 spiro atoms. The van der Waals surface area contributed by atoms with E-state index in [0.29, 0.717) is 5.82 Å². The number of aliphatic hydroxyl groups is 1. The van der Waals surface area contributed by atoms with Crippen LogP contribution in [-0.2, 0) is 7.05 Å². The Morgan fingerprint density at radius 1 is 1.24 bits per heavy atom. The lowest BCUT2D eigenvalue weighted by molar-refractivity contribution is 0.0827. The van der Waals surface area contributed by atoms with Gasteiger partial charge in [-0.15, -0.1) is 0 Å². The number of amides is 2. The molecule has 1 heterocycles. The molecule has 2 aromatic carbocycles. The average Bonchev–Trinajstić information content (AvgIpc) is 3.19. The Morgan fingerprint density at radius 2 is 1.94 bits per heavy atom. The molecule has 180 valence electrons. The number of rotatable bonds is 8. The number of aliphatic hydroxyl groups excluding tert-OH is 1. The first-order chi connectivity index (χ1) is 16.1. The van der Waals surface area contributed by atoms with Crippen molar-refractivity contribution in [3.05, 3.63) is 64.6 Å². The molecule has 0 fully saturated rings. The normalized spacial score (nSPS) is 11.6. The van der Waals surface area contributed by atoms with Crippen molar-refractivity contribution < 1.29 is 28.6 Å². The monoisotopic (exact) mass is 490 g/mol. The summed E-state index contributed by atoms with van der Waals surface area (Å²) in [5.41, 5.74) is 0.134. The molecule has 0 saturated heterocycles. The van der Waals surface area contributed by atoms with Gasteiger partial charge in [0.05, 0.1) is 17.2 Å². The fourth-order valence-electron chi connectivity index (χ4n) is 2.91. The fraction of sp³-hybridized carbons (Fsp3) is 0.261. The summed E-state index contributed by atoms with van der Waals surface area (Å²) >= 11 is 6.18. The number of nitrogens with zero attached hydrogens (tertiary/aromatic N) is 3. The van der Waals surface area contributed by atoms with Crippen LogP contribution in [0.5, 0.6) is 17.2 Å². The van der Waals surface area contributed by atoms with E-state index in [4.69, 9.17) is 21.1 Å². The first-order valence-electron chi connectivity index (χ1n) is 10.2. The van der Waals surface area contributed by atoms with Crippen molar-refractivity contribution in [2.45, 2.75) is 13.0 Å². The Hall–Kier alpha value is -3.63. The Labute approximate surface area is 200 Å². The highest BCUT2D eigenvalue weighted by Crippen LogP contribution is 2.33. The topological polar surface area (TPSA) is 106 Å². The van der Waals surface area contributed by atoms with E-state index < -0.39 is 23.7 Å². The molecular formula is C23H24ClFN4O5. The number of ether oxygens (including phenoxy) is 2. The highest BCUT2D eigenvalue weighted by atomic mass is 35.5. The van der Waals surface area contributed by atoms with Gasteiger partial charge in [0.1, 0.15) is 17.6 Å². The quantitative estimate of drug-likeness (QED) is 0.498. The van der Waals surface area contributed by atoms with Gasteiger partial charge in [-0.2, -0.15) is 5.10 Å². The minimum Gasteiger partial charge on any atom is -0.488 e. The highest BCUT2D eigenvalue weighted by molar-refractivity contribution is 6.34. The van der Waals surface area contributed by atoms with Gasteiger partial charge in [0.2, 0.25) is 0 Å². The minimum atomic E-state index is -0.816. The first kappa shape index (κ1) is 25.0. The van der Waals surface area contributed by atoms with Crippen LogP contribution in [0.4, 0.5) is 10.2 Å². The zero-order valence-electron chi connectivity index (χ0n) is 19.0. The molecule has 0 bridgehead atoms. The molecule has 3 aromatic rings.